The summed E-state index contributed by atoms with van der Waals surface area (Å²) in [7, 11) is 1.29. The standard InChI is InChI=1S/C22H22O7/c1-11(2)5-4-6-13-15(24)10-17-18(19(13)26)20(27)22(28-3)21(29-17)12-7-8-14(23)16(25)9-12/h5,7-10,23-26H,4,6H2,1-3H3. The third-order valence-corrected chi connectivity index (χ3v) is 4.59. The number of fused-ring (bicyclic) bond motifs is 1. The van der Waals surface area contributed by atoms with Crippen molar-refractivity contribution in [2.75, 3.05) is 7.11 Å². The fraction of sp³-hybridized carbons (Fsp3) is 0.227. The summed E-state index contributed by atoms with van der Waals surface area (Å²) in [5, 5.41) is 40.2. The van der Waals surface area contributed by atoms with Crippen LogP contribution in [0.3, 0.4) is 0 Å². The van der Waals surface area contributed by atoms with Gasteiger partial charge in [0.25, 0.3) is 0 Å². The van der Waals surface area contributed by atoms with Crippen LogP contribution >= 0.6 is 0 Å². The predicted molar refractivity (Wildman–Crippen MR) is 109 cm³/mol. The molecule has 0 atom stereocenters. The SMILES string of the molecule is COc1c(-c2ccc(O)c(O)c2)oc2cc(O)c(CCC=C(C)C)c(O)c2c1=O. The zero-order chi connectivity index (χ0) is 21.3. The molecule has 0 saturated carbocycles. The molecule has 0 amide bonds. The van der Waals surface area contributed by atoms with Crippen LogP contribution in [0.2, 0.25) is 0 Å². The van der Waals surface area contributed by atoms with E-state index in [0.717, 1.165) is 5.57 Å². The van der Waals surface area contributed by atoms with E-state index >= 15 is 0 Å². The molecule has 1 heterocycles. The molecule has 29 heavy (non-hydrogen) atoms. The average Bonchev–Trinajstić information content (AvgIpc) is 2.65. The van der Waals surface area contributed by atoms with Crippen LogP contribution in [-0.2, 0) is 6.42 Å². The van der Waals surface area contributed by atoms with Crippen molar-refractivity contribution in [2.24, 2.45) is 0 Å². The maximum Gasteiger partial charge on any atom is 0.239 e. The monoisotopic (exact) mass is 398 g/mol. The van der Waals surface area contributed by atoms with Crippen LogP contribution in [0.25, 0.3) is 22.3 Å². The van der Waals surface area contributed by atoms with Gasteiger partial charge in [0.1, 0.15) is 22.5 Å². The molecule has 3 aromatic rings. The van der Waals surface area contributed by atoms with Gasteiger partial charge in [-0.25, -0.2) is 0 Å². The summed E-state index contributed by atoms with van der Waals surface area (Å²) in [6.07, 6.45) is 2.89. The van der Waals surface area contributed by atoms with Crippen molar-refractivity contribution in [3.05, 3.63) is 51.7 Å². The third-order valence-electron chi connectivity index (χ3n) is 4.59. The van der Waals surface area contributed by atoms with Gasteiger partial charge >= 0.3 is 0 Å². The number of methoxy groups -OCH3 is 1. The first-order valence-corrected chi connectivity index (χ1v) is 8.99. The quantitative estimate of drug-likeness (QED) is 0.376. The Kier molecular flexibility index (Phi) is 5.41. The first-order chi connectivity index (χ1) is 13.7. The summed E-state index contributed by atoms with van der Waals surface area (Å²) < 4.78 is 11.0. The Morgan fingerprint density at radius 3 is 2.41 bits per heavy atom. The molecule has 0 saturated heterocycles. The Labute approximate surface area is 166 Å². The van der Waals surface area contributed by atoms with E-state index < -0.39 is 11.2 Å². The van der Waals surface area contributed by atoms with E-state index in [-0.39, 0.29) is 50.9 Å². The summed E-state index contributed by atoms with van der Waals surface area (Å²) in [5.74, 6) is -1.44. The minimum Gasteiger partial charge on any atom is -0.507 e. The normalized spacial score (nSPS) is 10.9. The highest BCUT2D eigenvalue weighted by Crippen LogP contribution is 2.40. The molecule has 1 aromatic heterocycles. The lowest BCUT2D eigenvalue weighted by Gasteiger charge is -2.13. The molecule has 4 N–H and O–H groups in total. The zero-order valence-corrected chi connectivity index (χ0v) is 16.3. The summed E-state index contributed by atoms with van der Waals surface area (Å²) in [6.45, 7) is 3.89. The van der Waals surface area contributed by atoms with E-state index in [0.29, 0.717) is 12.8 Å². The van der Waals surface area contributed by atoms with Crippen molar-refractivity contribution in [3.8, 4) is 40.1 Å². The van der Waals surface area contributed by atoms with Crippen LogP contribution in [0.4, 0.5) is 0 Å². The highest BCUT2D eigenvalue weighted by atomic mass is 16.5. The van der Waals surface area contributed by atoms with Crippen LogP contribution in [-0.4, -0.2) is 27.5 Å². The van der Waals surface area contributed by atoms with Gasteiger partial charge in [-0.05, 0) is 44.9 Å². The molecule has 0 unspecified atom stereocenters. The molecule has 0 aliphatic heterocycles. The average molecular weight is 398 g/mol. The molecule has 7 nitrogen and oxygen atoms in total. The summed E-state index contributed by atoms with van der Waals surface area (Å²) >= 11 is 0. The maximum atomic E-state index is 13.0. The number of ether oxygens (including phenoxy) is 1. The third kappa shape index (κ3) is 3.71. The molecule has 0 fully saturated rings. The molecule has 0 aliphatic carbocycles. The maximum absolute atomic E-state index is 13.0. The number of hydrogen-bond acceptors (Lipinski definition) is 7. The Balaban J connectivity index is 2.24. The lowest BCUT2D eigenvalue weighted by Crippen LogP contribution is -2.08. The molecular weight excluding hydrogens is 376 g/mol. The van der Waals surface area contributed by atoms with E-state index in [2.05, 4.69) is 0 Å². The lowest BCUT2D eigenvalue weighted by molar-refractivity contribution is 0.395. The topological polar surface area (TPSA) is 120 Å². The summed E-state index contributed by atoms with van der Waals surface area (Å²) in [4.78, 5) is 13.0. The highest BCUT2D eigenvalue weighted by Gasteiger charge is 2.23. The second-order valence-corrected chi connectivity index (χ2v) is 6.91. The second-order valence-electron chi connectivity index (χ2n) is 6.91. The summed E-state index contributed by atoms with van der Waals surface area (Å²) in [6, 6.07) is 5.18. The van der Waals surface area contributed by atoms with Gasteiger partial charge in [0.15, 0.2) is 17.3 Å². The van der Waals surface area contributed by atoms with Crippen molar-refractivity contribution in [1.82, 2.24) is 0 Å². The predicted octanol–water partition coefficient (Wildman–Crippen LogP) is 4.19. The zero-order valence-electron chi connectivity index (χ0n) is 16.3. The number of benzene rings is 2. The van der Waals surface area contributed by atoms with Crippen molar-refractivity contribution >= 4 is 11.0 Å². The van der Waals surface area contributed by atoms with Crippen LogP contribution in [0.5, 0.6) is 28.7 Å². The van der Waals surface area contributed by atoms with E-state index in [1.54, 1.807) is 0 Å². The Bertz CT molecular complexity index is 1170. The molecular formula is C22H22O7. The molecule has 0 aliphatic rings. The lowest BCUT2D eigenvalue weighted by atomic mass is 10.0. The minimum absolute atomic E-state index is 0.00334. The number of aromatic hydroxyl groups is 4. The molecule has 7 heteroatoms. The fourth-order valence-electron chi connectivity index (χ4n) is 3.14. The van der Waals surface area contributed by atoms with Gasteiger partial charge in [-0.3, -0.25) is 4.79 Å². The van der Waals surface area contributed by atoms with Crippen LogP contribution in [0, 0.1) is 0 Å². The molecule has 2 aromatic carbocycles. The van der Waals surface area contributed by atoms with Gasteiger partial charge in [0, 0.05) is 17.2 Å². The van der Waals surface area contributed by atoms with Crippen molar-refractivity contribution in [2.45, 2.75) is 26.7 Å². The minimum atomic E-state index is -0.614. The first-order valence-electron chi connectivity index (χ1n) is 8.99. The van der Waals surface area contributed by atoms with Crippen molar-refractivity contribution in [3.63, 3.8) is 0 Å². The van der Waals surface area contributed by atoms with Crippen LogP contribution in [0.1, 0.15) is 25.8 Å². The fourth-order valence-corrected chi connectivity index (χ4v) is 3.14. The van der Waals surface area contributed by atoms with E-state index in [9.17, 15) is 25.2 Å². The molecule has 0 bridgehead atoms. The van der Waals surface area contributed by atoms with Gasteiger partial charge in [-0.1, -0.05) is 11.6 Å². The number of phenols is 4. The van der Waals surface area contributed by atoms with E-state index in [1.165, 1.54) is 31.4 Å². The van der Waals surface area contributed by atoms with E-state index in [1.807, 2.05) is 19.9 Å². The van der Waals surface area contributed by atoms with Gasteiger partial charge in [-0.15, -0.1) is 0 Å². The van der Waals surface area contributed by atoms with Crippen molar-refractivity contribution in [1.29, 1.82) is 0 Å². The number of hydrogen-bond donors (Lipinski definition) is 4. The molecule has 0 spiro atoms. The molecule has 3 rings (SSSR count). The number of rotatable bonds is 5. The van der Waals surface area contributed by atoms with Crippen LogP contribution in [0.15, 0.2) is 45.1 Å². The highest BCUT2D eigenvalue weighted by molar-refractivity contribution is 5.90. The molecule has 152 valence electrons. The van der Waals surface area contributed by atoms with Crippen LogP contribution < -0.4 is 10.2 Å². The van der Waals surface area contributed by atoms with Crippen molar-refractivity contribution < 1.29 is 29.6 Å². The Hall–Kier alpha value is -3.61. The summed E-state index contributed by atoms with van der Waals surface area (Å²) in [5.41, 5.74) is 0.992. The Morgan fingerprint density at radius 2 is 1.79 bits per heavy atom. The number of phenolic OH excluding ortho intramolecular Hbond substituents is 4. The second kappa shape index (κ2) is 7.79. The first kappa shape index (κ1) is 20.1. The van der Waals surface area contributed by atoms with E-state index in [4.69, 9.17) is 9.15 Å². The van der Waals surface area contributed by atoms with Gasteiger partial charge in [-0.2, -0.15) is 0 Å². The molecule has 0 radical (unpaired) electrons. The largest absolute Gasteiger partial charge is 0.507 e. The Morgan fingerprint density at radius 1 is 1.07 bits per heavy atom. The van der Waals surface area contributed by atoms with Gasteiger partial charge in [0.2, 0.25) is 11.2 Å². The smallest absolute Gasteiger partial charge is 0.239 e. The van der Waals surface area contributed by atoms with Gasteiger partial charge < -0.3 is 29.6 Å². The number of allylic oxidation sites excluding steroid dienone is 2. The van der Waals surface area contributed by atoms with Gasteiger partial charge in [0.05, 0.1) is 7.11 Å².